The first-order valence-electron chi connectivity index (χ1n) is 6.92. The molecule has 0 radical (unpaired) electrons. The average Bonchev–Trinajstić information content (AvgIpc) is 2.26. The maximum Gasteiger partial charge on any atom is 0.272 e. The Bertz CT molecular complexity index is 469. The summed E-state index contributed by atoms with van der Waals surface area (Å²) in [6, 6.07) is 0.179. The summed E-state index contributed by atoms with van der Waals surface area (Å²) < 4.78 is 0. The normalized spacial score (nSPS) is 17.1. The summed E-state index contributed by atoms with van der Waals surface area (Å²) in [7, 11) is 0. The van der Waals surface area contributed by atoms with Gasteiger partial charge in [0.05, 0.1) is 11.9 Å². The molecule has 1 amide bonds. The van der Waals surface area contributed by atoms with E-state index in [0.29, 0.717) is 23.1 Å². The van der Waals surface area contributed by atoms with Crippen molar-refractivity contribution in [1.82, 2.24) is 15.3 Å². The molecule has 0 bridgehead atoms. The minimum atomic E-state index is -0.193. The first-order chi connectivity index (χ1) is 8.99. The van der Waals surface area contributed by atoms with Crippen molar-refractivity contribution in [2.45, 2.75) is 52.0 Å². The molecule has 5 nitrogen and oxygen atoms in total. The Hall–Kier alpha value is -1.65. The van der Waals surface area contributed by atoms with Crippen molar-refractivity contribution in [3.8, 4) is 0 Å². The maximum atomic E-state index is 12.2. The molecular weight excluding hydrogens is 240 g/mol. The second-order valence-corrected chi connectivity index (χ2v) is 5.64. The third-order valence-electron chi connectivity index (χ3n) is 3.78. The van der Waals surface area contributed by atoms with Crippen molar-refractivity contribution in [3.05, 3.63) is 17.7 Å². The highest BCUT2D eigenvalue weighted by atomic mass is 16.2. The van der Waals surface area contributed by atoms with E-state index < -0.39 is 0 Å². The van der Waals surface area contributed by atoms with E-state index in [-0.39, 0.29) is 17.9 Å². The van der Waals surface area contributed by atoms with Gasteiger partial charge in [0.1, 0.15) is 5.82 Å². The van der Waals surface area contributed by atoms with Crippen molar-refractivity contribution in [2.75, 3.05) is 5.73 Å². The van der Waals surface area contributed by atoms with Crippen LogP contribution in [-0.4, -0.2) is 21.9 Å². The molecule has 0 aromatic carbocycles. The number of carbonyl (C=O) groups is 1. The van der Waals surface area contributed by atoms with Crippen LogP contribution < -0.4 is 11.1 Å². The highest BCUT2D eigenvalue weighted by Crippen LogP contribution is 2.29. The van der Waals surface area contributed by atoms with Gasteiger partial charge in [-0.15, -0.1) is 0 Å². The summed E-state index contributed by atoms with van der Waals surface area (Å²) in [5.74, 6) is 1.23. The lowest BCUT2D eigenvalue weighted by atomic mass is 9.80. The van der Waals surface area contributed by atoms with Gasteiger partial charge in [0.2, 0.25) is 0 Å². The molecule has 0 aliphatic heterocycles. The number of aromatic nitrogens is 2. The largest absolute Gasteiger partial charge is 0.396 e. The molecule has 1 aromatic rings. The highest BCUT2D eigenvalue weighted by Gasteiger charge is 2.26. The van der Waals surface area contributed by atoms with E-state index in [9.17, 15) is 4.79 Å². The van der Waals surface area contributed by atoms with E-state index in [0.717, 1.165) is 0 Å². The van der Waals surface area contributed by atoms with Crippen molar-refractivity contribution in [1.29, 1.82) is 0 Å². The van der Waals surface area contributed by atoms with Gasteiger partial charge in [-0.25, -0.2) is 9.97 Å². The average molecular weight is 262 g/mol. The first-order valence-corrected chi connectivity index (χ1v) is 6.92. The Labute approximate surface area is 114 Å². The standard InChI is InChI=1S/C14H22N4O/c1-8(2)13-16-7-11(15)12(18-13)14(19)17-9(3)10-5-4-6-10/h7-10H,4-6,15H2,1-3H3,(H,17,19). The molecular formula is C14H22N4O. The van der Waals surface area contributed by atoms with Crippen molar-refractivity contribution >= 4 is 11.6 Å². The van der Waals surface area contributed by atoms with Crippen LogP contribution in [0.25, 0.3) is 0 Å². The number of hydrogen-bond donors (Lipinski definition) is 2. The lowest BCUT2D eigenvalue weighted by Crippen LogP contribution is -2.41. The van der Waals surface area contributed by atoms with Crippen LogP contribution in [0, 0.1) is 5.92 Å². The van der Waals surface area contributed by atoms with Gasteiger partial charge in [-0.2, -0.15) is 0 Å². The molecule has 1 heterocycles. The Morgan fingerprint density at radius 2 is 2.11 bits per heavy atom. The molecule has 1 atom stereocenters. The molecule has 1 unspecified atom stereocenters. The summed E-state index contributed by atoms with van der Waals surface area (Å²) in [5.41, 5.74) is 6.44. The van der Waals surface area contributed by atoms with Crippen molar-refractivity contribution in [3.63, 3.8) is 0 Å². The molecule has 1 aliphatic rings. The van der Waals surface area contributed by atoms with Crippen LogP contribution >= 0.6 is 0 Å². The number of hydrogen-bond acceptors (Lipinski definition) is 4. The fraction of sp³-hybridized carbons (Fsp3) is 0.643. The second-order valence-electron chi connectivity index (χ2n) is 5.64. The Morgan fingerprint density at radius 1 is 1.42 bits per heavy atom. The third-order valence-corrected chi connectivity index (χ3v) is 3.78. The number of amides is 1. The van der Waals surface area contributed by atoms with Gasteiger partial charge in [0.15, 0.2) is 5.69 Å². The van der Waals surface area contributed by atoms with E-state index in [2.05, 4.69) is 15.3 Å². The minimum Gasteiger partial charge on any atom is -0.396 e. The number of nitrogens with zero attached hydrogens (tertiary/aromatic N) is 2. The molecule has 3 N–H and O–H groups in total. The highest BCUT2D eigenvalue weighted by molar-refractivity contribution is 5.97. The maximum absolute atomic E-state index is 12.2. The number of nitrogens with one attached hydrogen (secondary N) is 1. The van der Waals surface area contributed by atoms with Crippen LogP contribution in [0.1, 0.15) is 62.3 Å². The van der Waals surface area contributed by atoms with Crippen LogP contribution in [-0.2, 0) is 0 Å². The van der Waals surface area contributed by atoms with Gasteiger partial charge >= 0.3 is 0 Å². The van der Waals surface area contributed by atoms with Crippen LogP contribution in [0.3, 0.4) is 0 Å². The molecule has 1 aliphatic carbocycles. The monoisotopic (exact) mass is 262 g/mol. The quantitative estimate of drug-likeness (QED) is 0.870. The zero-order chi connectivity index (χ0) is 14.0. The van der Waals surface area contributed by atoms with Crippen LogP contribution in [0.4, 0.5) is 5.69 Å². The lowest BCUT2D eigenvalue weighted by Gasteiger charge is -2.31. The van der Waals surface area contributed by atoms with E-state index in [1.165, 1.54) is 25.5 Å². The van der Waals surface area contributed by atoms with Gasteiger partial charge in [-0.3, -0.25) is 4.79 Å². The van der Waals surface area contributed by atoms with E-state index >= 15 is 0 Å². The first kappa shape index (κ1) is 13.8. The smallest absolute Gasteiger partial charge is 0.272 e. The van der Waals surface area contributed by atoms with Gasteiger partial charge in [-0.1, -0.05) is 20.3 Å². The number of nitrogen functional groups attached to an aromatic ring is 1. The van der Waals surface area contributed by atoms with E-state index in [4.69, 9.17) is 5.73 Å². The summed E-state index contributed by atoms with van der Waals surface area (Å²) >= 11 is 0. The molecule has 1 fully saturated rings. The molecule has 2 rings (SSSR count). The van der Waals surface area contributed by atoms with Gasteiger partial charge in [0, 0.05) is 12.0 Å². The molecule has 0 saturated heterocycles. The molecule has 1 saturated carbocycles. The Kier molecular flexibility index (Phi) is 4.02. The summed E-state index contributed by atoms with van der Waals surface area (Å²) in [6.45, 7) is 6.02. The topological polar surface area (TPSA) is 80.9 Å². The number of rotatable bonds is 4. The van der Waals surface area contributed by atoms with Crippen LogP contribution in [0.2, 0.25) is 0 Å². The number of carbonyl (C=O) groups excluding carboxylic acids is 1. The summed E-state index contributed by atoms with van der Waals surface area (Å²) in [5, 5.41) is 3.00. The van der Waals surface area contributed by atoms with Crippen LogP contribution in [0.5, 0.6) is 0 Å². The second kappa shape index (κ2) is 5.55. The zero-order valence-corrected chi connectivity index (χ0v) is 11.8. The Morgan fingerprint density at radius 3 is 2.63 bits per heavy atom. The summed E-state index contributed by atoms with van der Waals surface area (Å²) in [6.07, 6.45) is 5.17. The third kappa shape index (κ3) is 3.03. The van der Waals surface area contributed by atoms with Crippen LogP contribution in [0.15, 0.2) is 6.20 Å². The fourth-order valence-electron chi connectivity index (χ4n) is 2.20. The molecule has 0 spiro atoms. The predicted octanol–water partition coefficient (Wildman–Crippen LogP) is 2.10. The molecule has 5 heteroatoms. The van der Waals surface area contributed by atoms with Crippen molar-refractivity contribution in [2.24, 2.45) is 5.92 Å². The number of nitrogens with two attached hydrogens (primary N) is 1. The molecule has 1 aromatic heterocycles. The molecule has 104 valence electrons. The van der Waals surface area contributed by atoms with Gasteiger partial charge in [-0.05, 0) is 25.7 Å². The van der Waals surface area contributed by atoms with Crippen molar-refractivity contribution < 1.29 is 4.79 Å². The lowest BCUT2D eigenvalue weighted by molar-refractivity contribution is 0.0904. The molecule has 19 heavy (non-hydrogen) atoms. The van der Waals surface area contributed by atoms with E-state index in [1.54, 1.807) is 0 Å². The zero-order valence-electron chi connectivity index (χ0n) is 11.8. The predicted molar refractivity (Wildman–Crippen MR) is 74.8 cm³/mol. The SMILES string of the molecule is CC(C)c1ncc(N)c(C(=O)NC(C)C2CCC2)n1. The van der Waals surface area contributed by atoms with E-state index in [1.807, 2.05) is 20.8 Å². The number of anilines is 1. The van der Waals surface area contributed by atoms with Gasteiger partial charge < -0.3 is 11.1 Å². The Balaban J connectivity index is 2.11. The fourth-order valence-corrected chi connectivity index (χ4v) is 2.20. The minimum absolute atomic E-state index is 0.177. The van der Waals surface area contributed by atoms with Gasteiger partial charge in [0.25, 0.3) is 5.91 Å². The summed E-state index contributed by atoms with van der Waals surface area (Å²) in [4.78, 5) is 20.6.